The number of hydrogen-bond acceptors (Lipinski definition) is 2. The summed E-state index contributed by atoms with van der Waals surface area (Å²) in [5, 5.41) is 0. The van der Waals surface area contributed by atoms with Crippen molar-refractivity contribution in [2.24, 2.45) is 0 Å². The Morgan fingerprint density at radius 2 is 1.88 bits per heavy atom. The molecule has 16 heavy (non-hydrogen) atoms. The lowest BCUT2D eigenvalue weighted by atomic mass is 10.1. The SMILES string of the molecule is Nc1ncc(Br)cc1-c1ccc(F)cc1F. The molecule has 5 heteroatoms. The number of aromatic nitrogens is 1. The molecule has 0 aliphatic carbocycles. The van der Waals surface area contributed by atoms with E-state index in [1.54, 1.807) is 6.07 Å². The van der Waals surface area contributed by atoms with Crippen LogP contribution >= 0.6 is 15.9 Å². The number of nitrogens with zero attached hydrogens (tertiary/aromatic N) is 1. The Morgan fingerprint density at radius 1 is 1.12 bits per heavy atom. The zero-order valence-corrected chi connectivity index (χ0v) is 9.63. The van der Waals surface area contributed by atoms with E-state index in [0.717, 1.165) is 6.07 Å². The molecule has 0 saturated heterocycles. The topological polar surface area (TPSA) is 38.9 Å². The van der Waals surface area contributed by atoms with E-state index in [4.69, 9.17) is 5.73 Å². The Balaban J connectivity index is 2.62. The maximum absolute atomic E-state index is 13.5. The van der Waals surface area contributed by atoms with E-state index in [0.29, 0.717) is 10.0 Å². The van der Waals surface area contributed by atoms with E-state index in [1.165, 1.54) is 18.3 Å². The Hall–Kier alpha value is -1.49. The average Bonchev–Trinajstić information content (AvgIpc) is 2.22. The number of anilines is 1. The molecule has 0 spiro atoms. The first-order chi connectivity index (χ1) is 7.58. The van der Waals surface area contributed by atoms with E-state index in [1.807, 2.05) is 0 Å². The predicted octanol–water partition coefficient (Wildman–Crippen LogP) is 3.37. The number of pyridine rings is 1. The summed E-state index contributed by atoms with van der Waals surface area (Å²) in [5.41, 5.74) is 6.30. The summed E-state index contributed by atoms with van der Waals surface area (Å²) in [6, 6.07) is 4.97. The lowest BCUT2D eigenvalue weighted by molar-refractivity contribution is 0.585. The van der Waals surface area contributed by atoms with Crippen LogP contribution in [0.4, 0.5) is 14.6 Å². The molecule has 2 aromatic rings. The zero-order chi connectivity index (χ0) is 11.7. The fourth-order valence-corrected chi connectivity index (χ4v) is 1.70. The van der Waals surface area contributed by atoms with Gasteiger partial charge in [-0.25, -0.2) is 13.8 Å². The Labute approximate surface area is 99.2 Å². The van der Waals surface area contributed by atoms with Crippen molar-refractivity contribution in [2.45, 2.75) is 0 Å². The quantitative estimate of drug-likeness (QED) is 0.872. The molecule has 82 valence electrons. The molecule has 0 saturated carbocycles. The molecule has 2 N–H and O–H groups in total. The van der Waals surface area contributed by atoms with Gasteiger partial charge in [0.05, 0.1) is 0 Å². The van der Waals surface area contributed by atoms with E-state index < -0.39 is 11.6 Å². The second-order valence-electron chi connectivity index (χ2n) is 3.21. The number of nitrogen functional groups attached to an aromatic ring is 1. The van der Waals surface area contributed by atoms with E-state index in [9.17, 15) is 8.78 Å². The van der Waals surface area contributed by atoms with Crippen molar-refractivity contribution in [3.8, 4) is 11.1 Å². The molecule has 1 aromatic carbocycles. The second-order valence-corrected chi connectivity index (χ2v) is 4.13. The second kappa shape index (κ2) is 4.17. The highest BCUT2D eigenvalue weighted by atomic mass is 79.9. The molecular formula is C11H7BrF2N2. The molecule has 0 atom stereocenters. The first kappa shape index (κ1) is 11.0. The number of benzene rings is 1. The minimum Gasteiger partial charge on any atom is -0.383 e. The molecule has 0 amide bonds. The smallest absolute Gasteiger partial charge is 0.134 e. The number of rotatable bonds is 1. The molecule has 2 nitrogen and oxygen atoms in total. The van der Waals surface area contributed by atoms with Crippen molar-refractivity contribution < 1.29 is 8.78 Å². The van der Waals surface area contributed by atoms with E-state index in [-0.39, 0.29) is 11.4 Å². The molecule has 2 rings (SSSR count). The zero-order valence-electron chi connectivity index (χ0n) is 8.05. The van der Waals surface area contributed by atoms with Crippen LogP contribution in [-0.2, 0) is 0 Å². The van der Waals surface area contributed by atoms with Gasteiger partial charge in [0.25, 0.3) is 0 Å². The van der Waals surface area contributed by atoms with Gasteiger partial charge < -0.3 is 5.73 Å². The van der Waals surface area contributed by atoms with Crippen LogP contribution in [0.1, 0.15) is 0 Å². The van der Waals surface area contributed by atoms with Crippen molar-refractivity contribution in [3.05, 3.63) is 46.6 Å². The fraction of sp³-hybridized carbons (Fsp3) is 0. The maximum atomic E-state index is 13.5. The maximum Gasteiger partial charge on any atom is 0.134 e. The molecule has 0 aliphatic rings. The van der Waals surface area contributed by atoms with Crippen molar-refractivity contribution in [1.29, 1.82) is 0 Å². The lowest BCUT2D eigenvalue weighted by Crippen LogP contribution is -1.96. The largest absolute Gasteiger partial charge is 0.383 e. The van der Waals surface area contributed by atoms with Crippen molar-refractivity contribution in [3.63, 3.8) is 0 Å². The number of hydrogen-bond donors (Lipinski definition) is 1. The van der Waals surface area contributed by atoms with Crippen molar-refractivity contribution >= 4 is 21.7 Å². The normalized spacial score (nSPS) is 10.4. The molecule has 0 radical (unpaired) electrons. The first-order valence-corrected chi connectivity index (χ1v) is 5.23. The summed E-state index contributed by atoms with van der Waals surface area (Å²) in [4.78, 5) is 3.89. The molecule has 0 aliphatic heterocycles. The number of nitrogens with two attached hydrogens (primary N) is 1. The van der Waals surface area contributed by atoms with Gasteiger partial charge in [-0.15, -0.1) is 0 Å². The summed E-state index contributed by atoms with van der Waals surface area (Å²) in [6.45, 7) is 0. The predicted molar refractivity (Wildman–Crippen MR) is 61.7 cm³/mol. The molecule has 1 heterocycles. The standard InChI is InChI=1S/C11H7BrF2N2/c12-6-3-9(11(15)16-5-6)8-2-1-7(13)4-10(8)14/h1-5H,(H2,15,16). The highest BCUT2D eigenvalue weighted by molar-refractivity contribution is 9.10. The van der Waals surface area contributed by atoms with Gasteiger partial charge in [0.2, 0.25) is 0 Å². The average molecular weight is 285 g/mol. The van der Waals surface area contributed by atoms with Crippen LogP contribution in [0, 0.1) is 11.6 Å². The van der Waals surface area contributed by atoms with Gasteiger partial charge >= 0.3 is 0 Å². The third kappa shape index (κ3) is 2.04. The summed E-state index contributed by atoms with van der Waals surface area (Å²) in [5.74, 6) is -1.08. The van der Waals surface area contributed by atoms with Crippen LogP contribution in [0.3, 0.4) is 0 Å². The summed E-state index contributed by atoms with van der Waals surface area (Å²) in [6.07, 6.45) is 1.51. The van der Waals surface area contributed by atoms with Gasteiger partial charge in [0.1, 0.15) is 17.5 Å². The van der Waals surface area contributed by atoms with Gasteiger partial charge in [0, 0.05) is 27.9 Å². The Kier molecular flexibility index (Phi) is 2.87. The molecule has 0 unspecified atom stereocenters. The van der Waals surface area contributed by atoms with Crippen LogP contribution in [0.2, 0.25) is 0 Å². The highest BCUT2D eigenvalue weighted by Crippen LogP contribution is 2.29. The first-order valence-electron chi connectivity index (χ1n) is 4.44. The van der Waals surface area contributed by atoms with Crippen LogP contribution in [0.15, 0.2) is 34.9 Å². The Morgan fingerprint density at radius 3 is 2.56 bits per heavy atom. The van der Waals surface area contributed by atoms with Gasteiger partial charge in [0.15, 0.2) is 0 Å². The minimum absolute atomic E-state index is 0.203. The van der Waals surface area contributed by atoms with Crippen LogP contribution in [0.25, 0.3) is 11.1 Å². The minimum atomic E-state index is -0.661. The van der Waals surface area contributed by atoms with E-state index in [2.05, 4.69) is 20.9 Å². The van der Waals surface area contributed by atoms with Gasteiger partial charge in [-0.05, 0) is 34.1 Å². The summed E-state index contributed by atoms with van der Waals surface area (Å²) >= 11 is 3.22. The third-order valence-corrected chi connectivity index (χ3v) is 2.54. The molecule has 0 bridgehead atoms. The van der Waals surface area contributed by atoms with Gasteiger partial charge in [-0.2, -0.15) is 0 Å². The van der Waals surface area contributed by atoms with Gasteiger partial charge in [-0.1, -0.05) is 0 Å². The Bertz CT molecular complexity index is 544. The van der Waals surface area contributed by atoms with E-state index >= 15 is 0 Å². The number of halogens is 3. The van der Waals surface area contributed by atoms with Crippen molar-refractivity contribution in [1.82, 2.24) is 4.98 Å². The monoisotopic (exact) mass is 284 g/mol. The lowest BCUT2D eigenvalue weighted by Gasteiger charge is -2.06. The summed E-state index contributed by atoms with van der Waals surface area (Å²) in [7, 11) is 0. The summed E-state index contributed by atoms with van der Waals surface area (Å²) < 4.78 is 26.9. The van der Waals surface area contributed by atoms with Crippen LogP contribution < -0.4 is 5.73 Å². The van der Waals surface area contributed by atoms with Crippen LogP contribution in [0.5, 0.6) is 0 Å². The van der Waals surface area contributed by atoms with Gasteiger partial charge in [-0.3, -0.25) is 0 Å². The van der Waals surface area contributed by atoms with Crippen molar-refractivity contribution in [2.75, 3.05) is 5.73 Å². The fourth-order valence-electron chi connectivity index (χ4n) is 1.37. The van der Waals surface area contributed by atoms with Crippen LogP contribution in [-0.4, -0.2) is 4.98 Å². The molecular weight excluding hydrogens is 278 g/mol. The third-order valence-electron chi connectivity index (χ3n) is 2.11. The molecule has 1 aromatic heterocycles. The molecule has 0 fully saturated rings. The highest BCUT2D eigenvalue weighted by Gasteiger charge is 2.10.